The van der Waals surface area contributed by atoms with Crippen LogP contribution >= 0.6 is 0 Å². The Morgan fingerprint density at radius 2 is 2.08 bits per heavy atom. The zero-order valence-electron chi connectivity index (χ0n) is 13.8. The third-order valence-electron chi connectivity index (χ3n) is 3.95. The van der Waals surface area contributed by atoms with Gasteiger partial charge in [0.25, 0.3) is 5.91 Å². The molecule has 1 N–H and O–H groups in total. The molecule has 1 amide bonds. The number of hydrogen-bond acceptors (Lipinski definition) is 5. The van der Waals surface area contributed by atoms with Crippen LogP contribution < -0.4 is 14.9 Å². The monoisotopic (exact) mass is 336 g/mol. The predicted octanol–water partition coefficient (Wildman–Crippen LogP) is 2.44. The second kappa shape index (κ2) is 5.94. The molecule has 1 aliphatic rings. The molecule has 25 heavy (non-hydrogen) atoms. The maximum Gasteiger partial charge on any atom is 0.290 e. The Morgan fingerprint density at radius 3 is 2.96 bits per heavy atom. The second-order valence-corrected chi connectivity index (χ2v) is 5.79. The van der Waals surface area contributed by atoms with Gasteiger partial charge in [-0.3, -0.25) is 9.20 Å². The zero-order valence-corrected chi connectivity index (χ0v) is 13.8. The standard InChI is InChI=1S/C18H16N4O3/c1-11-5-6-22-16(7-11)20-12(2)17(22)18(23)21-19-9-13-3-4-14-15(8-13)25-10-24-14/h3-9H,10H2,1-2H3,(H,21,23)/b19-9+. The van der Waals surface area contributed by atoms with Gasteiger partial charge in [-0.2, -0.15) is 5.10 Å². The van der Waals surface area contributed by atoms with Gasteiger partial charge in [0.05, 0.1) is 11.9 Å². The molecule has 4 rings (SSSR count). The lowest BCUT2D eigenvalue weighted by Crippen LogP contribution is -2.20. The number of nitrogens with zero attached hydrogens (tertiary/aromatic N) is 3. The molecule has 0 unspecified atom stereocenters. The molecule has 1 aliphatic heterocycles. The molecule has 1 aromatic carbocycles. The Labute approximate surface area is 143 Å². The minimum absolute atomic E-state index is 0.222. The molecule has 0 fully saturated rings. The molecule has 0 saturated carbocycles. The van der Waals surface area contributed by atoms with Gasteiger partial charge in [-0.1, -0.05) is 0 Å². The van der Waals surface area contributed by atoms with Gasteiger partial charge in [0.1, 0.15) is 11.3 Å². The van der Waals surface area contributed by atoms with E-state index < -0.39 is 0 Å². The number of hydrazone groups is 1. The lowest BCUT2D eigenvalue weighted by atomic mass is 10.2. The molecule has 0 atom stereocenters. The number of nitrogens with one attached hydrogen (secondary N) is 1. The van der Waals surface area contributed by atoms with Gasteiger partial charge in [0, 0.05) is 6.20 Å². The number of aryl methyl sites for hydroxylation is 2. The van der Waals surface area contributed by atoms with Gasteiger partial charge in [-0.15, -0.1) is 0 Å². The summed E-state index contributed by atoms with van der Waals surface area (Å²) in [5.41, 5.74) is 6.30. The second-order valence-electron chi connectivity index (χ2n) is 5.79. The Morgan fingerprint density at radius 1 is 1.24 bits per heavy atom. The number of hydrogen-bond donors (Lipinski definition) is 1. The number of carbonyl (C=O) groups excluding carboxylic acids is 1. The number of amides is 1. The van der Waals surface area contributed by atoms with Crippen LogP contribution in [0.2, 0.25) is 0 Å². The van der Waals surface area contributed by atoms with Crippen LogP contribution in [0.3, 0.4) is 0 Å². The molecule has 0 aliphatic carbocycles. The topological polar surface area (TPSA) is 77.2 Å². The average Bonchev–Trinajstić information content (AvgIpc) is 3.17. The fourth-order valence-corrected chi connectivity index (χ4v) is 2.75. The molecule has 126 valence electrons. The number of fused-ring (bicyclic) bond motifs is 2. The van der Waals surface area contributed by atoms with E-state index in [9.17, 15) is 4.79 Å². The fraction of sp³-hybridized carbons (Fsp3) is 0.167. The van der Waals surface area contributed by atoms with Crippen molar-refractivity contribution in [3.05, 3.63) is 59.0 Å². The Balaban J connectivity index is 1.53. The molecule has 3 aromatic rings. The van der Waals surface area contributed by atoms with E-state index >= 15 is 0 Å². The Bertz CT molecular complexity index is 1010. The van der Waals surface area contributed by atoms with Gasteiger partial charge in [0.2, 0.25) is 6.79 Å². The van der Waals surface area contributed by atoms with Crippen LogP contribution in [0, 0.1) is 13.8 Å². The normalized spacial score (nSPS) is 12.9. The van der Waals surface area contributed by atoms with Crippen LogP contribution in [0.4, 0.5) is 0 Å². The molecule has 0 radical (unpaired) electrons. The van der Waals surface area contributed by atoms with Crippen molar-refractivity contribution in [1.29, 1.82) is 0 Å². The fourth-order valence-electron chi connectivity index (χ4n) is 2.75. The van der Waals surface area contributed by atoms with Crippen molar-refractivity contribution < 1.29 is 14.3 Å². The van der Waals surface area contributed by atoms with Crippen LogP contribution in [-0.2, 0) is 0 Å². The molecule has 3 heterocycles. The van der Waals surface area contributed by atoms with Crippen molar-refractivity contribution in [3.63, 3.8) is 0 Å². The van der Waals surface area contributed by atoms with Gasteiger partial charge >= 0.3 is 0 Å². The van der Waals surface area contributed by atoms with E-state index in [2.05, 4.69) is 15.5 Å². The van der Waals surface area contributed by atoms with Crippen molar-refractivity contribution in [2.75, 3.05) is 6.79 Å². The first-order chi connectivity index (χ1) is 12.1. The smallest absolute Gasteiger partial charge is 0.290 e. The Kier molecular flexibility index (Phi) is 3.61. The van der Waals surface area contributed by atoms with Crippen LogP contribution in [0.25, 0.3) is 5.65 Å². The zero-order chi connectivity index (χ0) is 17.4. The highest BCUT2D eigenvalue weighted by atomic mass is 16.7. The number of carbonyl (C=O) groups is 1. The number of ether oxygens (including phenoxy) is 2. The largest absolute Gasteiger partial charge is 0.454 e. The first-order valence-corrected chi connectivity index (χ1v) is 7.80. The minimum Gasteiger partial charge on any atom is -0.454 e. The average molecular weight is 336 g/mol. The summed E-state index contributed by atoms with van der Waals surface area (Å²) in [5, 5.41) is 4.03. The van der Waals surface area contributed by atoms with E-state index in [1.54, 1.807) is 23.6 Å². The summed E-state index contributed by atoms with van der Waals surface area (Å²) < 4.78 is 12.3. The molecule has 2 aromatic heterocycles. The molecular formula is C18H16N4O3. The third kappa shape index (κ3) is 2.80. The number of pyridine rings is 1. The van der Waals surface area contributed by atoms with Crippen LogP contribution in [-0.4, -0.2) is 28.3 Å². The van der Waals surface area contributed by atoms with Gasteiger partial charge < -0.3 is 9.47 Å². The van der Waals surface area contributed by atoms with E-state index in [1.165, 1.54) is 0 Å². The molecule has 0 spiro atoms. The summed E-state index contributed by atoms with van der Waals surface area (Å²) in [7, 11) is 0. The van der Waals surface area contributed by atoms with Crippen molar-refractivity contribution in [3.8, 4) is 11.5 Å². The van der Waals surface area contributed by atoms with Gasteiger partial charge in [-0.25, -0.2) is 10.4 Å². The lowest BCUT2D eigenvalue weighted by Gasteiger charge is -2.02. The van der Waals surface area contributed by atoms with E-state index in [0.717, 1.165) is 16.8 Å². The first kappa shape index (κ1) is 15.2. The highest BCUT2D eigenvalue weighted by Crippen LogP contribution is 2.31. The van der Waals surface area contributed by atoms with E-state index in [4.69, 9.17) is 9.47 Å². The van der Waals surface area contributed by atoms with Crippen LogP contribution in [0.1, 0.15) is 27.3 Å². The first-order valence-electron chi connectivity index (χ1n) is 7.80. The summed E-state index contributed by atoms with van der Waals surface area (Å²) in [6, 6.07) is 9.31. The van der Waals surface area contributed by atoms with E-state index in [-0.39, 0.29) is 12.7 Å². The molecular weight excluding hydrogens is 320 g/mol. The number of imidazole rings is 1. The van der Waals surface area contributed by atoms with Crippen molar-refractivity contribution in [1.82, 2.24) is 14.8 Å². The van der Waals surface area contributed by atoms with Crippen LogP contribution in [0.5, 0.6) is 11.5 Å². The summed E-state index contributed by atoms with van der Waals surface area (Å²) in [4.78, 5) is 16.9. The van der Waals surface area contributed by atoms with Crippen molar-refractivity contribution in [2.45, 2.75) is 13.8 Å². The number of benzene rings is 1. The maximum absolute atomic E-state index is 12.5. The van der Waals surface area contributed by atoms with Gasteiger partial charge in [-0.05, 0) is 55.3 Å². The summed E-state index contributed by atoms with van der Waals surface area (Å²) >= 11 is 0. The molecule has 7 heteroatoms. The summed E-state index contributed by atoms with van der Waals surface area (Å²) in [6.07, 6.45) is 3.39. The summed E-state index contributed by atoms with van der Waals surface area (Å²) in [5.74, 6) is 1.06. The molecule has 0 bridgehead atoms. The molecule has 0 saturated heterocycles. The van der Waals surface area contributed by atoms with E-state index in [0.29, 0.717) is 22.9 Å². The predicted molar refractivity (Wildman–Crippen MR) is 92.3 cm³/mol. The quantitative estimate of drug-likeness (QED) is 0.589. The highest BCUT2D eigenvalue weighted by molar-refractivity contribution is 5.95. The Hall–Kier alpha value is -3.35. The molecule has 7 nitrogen and oxygen atoms in total. The van der Waals surface area contributed by atoms with Crippen LogP contribution in [0.15, 0.2) is 41.6 Å². The number of aromatic nitrogens is 2. The maximum atomic E-state index is 12.5. The van der Waals surface area contributed by atoms with Gasteiger partial charge in [0.15, 0.2) is 11.5 Å². The van der Waals surface area contributed by atoms with E-state index in [1.807, 2.05) is 37.4 Å². The summed E-state index contributed by atoms with van der Waals surface area (Å²) in [6.45, 7) is 4.01. The van der Waals surface area contributed by atoms with Crippen molar-refractivity contribution >= 4 is 17.8 Å². The van der Waals surface area contributed by atoms with Crippen molar-refractivity contribution in [2.24, 2.45) is 5.10 Å². The highest BCUT2D eigenvalue weighted by Gasteiger charge is 2.16. The number of rotatable bonds is 3. The lowest BCUT2D eigenvalue weighted by molar-refractivity contribution is 0.0948. The third-order valence-corrected chi connectivity index (χ3v) is 3.95. The minimum atomic E-state index is -0.314. The SMILES string of the molecule is Cc1ccn2c(C(=O)N/N=C/c3ccc4c(c3)OCO4)c(C)nc2c1.